The second kappa shape index (κ2) is 7.91. The fourth-order valence-corrected chi connectivity index (χ4v) is 5.18. The molecule has 0 radical (unpaired) electrons. The molecule has 3 heterocycles. The summed E-state index contributed by atoms with van der Waals surface area (Å²) in [6, 6.07) is 0. The van der Waals surface area contributed by atoms with Gasteiger partial charge in [0.1, 0.15) is 16.4 Å². The third kappa shape index (κ3) is 3.20. The van der Waals surface area contributed by atoms with Crippen LogP contribution in [0.2, 0.25) is 0 Å². The zero-order chi connectivity index (χ0) is 18.7. The van der Waals surface area contributed by atoms with Gasteiger partial charge in [0.05, 0.1) is 26.0 Å². The van der Waals surface area contributed by atoms with Gasteiger partial charge in [-0.05, 0) is 35.5 Å². The maximum Gasteiger partial charge on any atom is 0.333 e. The van der Waals surface area contributed by atoms with Crippen molar-refractivity contribution >= 4 is 50.8 Å². The highest BCUT2D eigenvalue weighted by molar-refractivity contribution is 9.10. The molecule has 0 N–H and O–H groups in total. The van der Waals surface area contributed by atoms with Crippen LogP contribution in [0.15, 0.2) is 17.3 Å². The van der Waals surface area contributed by atoms with Gasteiger partial charge in [0.25, 0.3) is 0 Å². The average molecular weight is 443 g/mol. The zero-order valence-corrected chi connectivity index (χ0v) is 16.9. The fraction of sp³-hybridized carbons (Fsp3) is 0.562. The monoisotopic (exact) mass is 442 g/mol. The molecule has 140 valence electrons. The normalized spacial score (nSPS) is 22.5. The van der Waals surface area contributed by atoms with E-state index < -0.39 is 5.54 Å². The molecule has 1 fully saturated rings. The molecular weight excluding hydrogens is 424 g/mol. The molecule has 0 bridgehead atoms. The van der Waals surface area contributed by atoms with Crippen molar-refractivity contribution in [3.63, 3.8) is 0 Å². The molecule has 0 aromatic carbocycles. The Morgan fingerprint density at radius 3 is 2.81 bits per heavy atom. The first kappa shape index (κ1) is 19.1. The number of carbonyl (C=O) groups excluding carboxylic acids is 2. The molecule has 2 aromatic heterocycles. The smallest absolute Gasteiger partial charge is 0.333 e. The standard InChI is InChI=1S/C16H19BrN4O4S/c1-3-24-11(22)5-10-6-26-7-16(10,15(23)25-4-2)21-9-20-12-13(17)18-8-19-14(12)21/h8-10H,3-7H2,1-2H3/t10-,16+/m1/s1. The average Bonchev–Trinajstić information content (AvgIpc) is 3.21. The minimum atomic E-state index is -1.06. The number of rotatable bonds is 6. The van der Waals surface area contributed by atoms with Crippen molar-refractivity contribution in [1.82, 2.24) is 19.5 Å². The molecule has 0 saturated carbocycles. The molecule has 0 aliphatic carbocycles. The summed E-state index contributed by atoms with van der Waals surface area (Å²) < 4.78 is 12.8. The largest absolute Gasteiger partial charge is 0.466 e. The van der Waals surface area contributed by atoms with Crippen LogP contribution in [-0.4, -0.2) is 56.2 Å². The molecule has 2 atom stereocenters. The lowest BCUT2D eigenvalue weighted by Gasteiger charge is -2.33. The number of nitrogens with zero attached hydrogens (tertiary/aromatic N) is 4. The van der Waals surface area contributed by atoms with E-state index in [1.54, 1.807) is 36.5 Å². The van der Waals surface area contributed by atoms with Crippen LogP contribution in [0.3, 0.4) is 0 Å². The van der Waals surface area contributed by atoms with Crippen molar-refractivity contribution in [2.24, 2.45) is 5.92 Å². The third-order valence-corrected chi connectivity index (χ3v) is 6.25. The first-order valence-corrected chi connectivity index (χ1v) is 10.2. The van der Waals surface area contributed by atoms with Crippen LogP contribution < -0.4 is 0 Å². The van der Waals surface area contributed by atoms with E-state index >= 15 is 0 Å². The summed E-state index contributed by atoms with van der Waals surface area (Å²) >= 11 is 4.96. The summed E-state index contributed by atoms with van der Waals surface area (Å²) in [4.78, 5) is 37.9. The molecule has 0 spiro atoms. The van der Waals surface area contributed by atoms with E-state index in [4.69, 9.17) is 9.47 Å². The maximum absolute atomic E-state index is 13.1. The summed E-state index contributed by atoms with van der Waals surface area (Å²) in [6.07, 6.45) is 3.11. The molecule has 3 rings (SSSR count). The number of hydrogen-bond donors (Lipinski definition) is 0. The predicted octanol–water partition coefficient (Wildman–Crippen LogP) is 2.16. The van der Waals surface area contributed by atoms with Gasteiger partial charge in [-0.2, -0.15) is 11.8 Å². The highest BCUT2D eigenvalue weighted by atomic mass is 79.9. The van der Waals surface area contributed by atoms with Crippen molar-refractivity contribution in [2.75, 3.05) is 24.7 Å². The Labute approximate surface area is 163 Å². The lowest BCUT2D eigenvalue weighted by Crippen LogP contribution is -2.49. The summed E-state index contributed by atoms with van der Waals surface area (Å²) in [5, 5.41) is 0. The fourth-order valence-electron chi connectivity index (χ4n) is 3.21. The number of thioether (sulfide) groups is 1. The van der Waals surface area contributed by atoms with Gasteiger partial charge in [0, 0.05) is 11.7 Å². The summed E-state index contributed by atoms with van der Waals surface area (Å²) in [6.45, 7) is 4.08. The predicted molar refractivity (Wildman–Crippen MR) is 99.7 cm³/mol. The molecule has 2 aromatic rings. The van der Waals surface area contributed by atoms with Gasteiger partial charge < -0.3 is 9.47 Å². The number of imidazole rings is 1. The first-order chi connectivity index (χ1) is 12.5. The topological polar surface area (TPSA) is 96.2 Å². The van der Waals surface area contributed by atoms with Crippen molar-refractivity contribution in [1.29, 1.82) is 0 Å². The highest BCUT2D eigenvalue weighted by Gasteiger charge is 2.54. The van der Waals surface area contributed by atoms with Crippen LogP contribution in [0.1, 0.15) is 20.3 Å². The minimum Gasteiger partial charge on any atom is -0.466 e. The Balaban J connectivity index is 2.10. The molecule has 1 aliphatic heterocycles. The third-order valence-electron chi connectivity index (χ3n) is 4.38. The Morgan fingerprint density at radius 1 is 1.31 bits per heavy atom. The van der Waals surface area contributed by atoms with Crippen molar-refractivity contribution in [3.05, 3.63) is 17.3 Å². The van der Waals surface area contributed by atoms with E-state index in [2.05, 4.69) is 30.9 Å². The van der Waals surface area contributed by atoms with Crippen LogP contribution in [0.25, 0.3) is 11.2 Å². The number of esters is 2. The van der Waals surface area contributed by atoms with Crippen LogP contribution in [0.5, 0.6) is 0 Å². The molecule has 0 unspecified atom stereocenters. The minimum absolute atomic E-state index is 0.131. The van der Waals surface area contributed by atoms with Crippen LogP contribution >= 0.6 is 27.7 Å². The zero-order valence-electron chi connectivity index (χ0n) is 14.5. The number of ether oxygens (including phenoxy) is 2. The van der Waals surface area contributed by atoms with E-state index in [1.165, 1.54) is 6.33 Å². The second-order valence-corrected chi connectivity index (χ2v) is 7.60. The van der Waals surface area contributed by atoms with Crippen molar-refractivity contribution in [3.8, 4) is 0 Å². The van der Waals surface area contributed by atoms with Crippen molar-refractivity contribution in [2.45, 2.75) is 25.8 Å². The number of fused-ring (bicyclic) bond motifs is 1. The quantitative estimate of drug-likeness (QED) is 0.495. The number of carbonyl (C=O) groups is 2. The van der Waals surface area contributed by atoms with Crippen LogP contribution in [0, 0.1) is 5.92 Å². The SMILES string of the molecule is CCOC(=O)C[C@@H]1CSC[C@]1(C(=O)OCC)n1cnc2c(Br)ncnc21. The molecule has 1 aliphatic rings. The molecular formula is C16H19BrN4O4S. The van der Waals surface area contributed by atoms with E-state index in [9.17, 15) is 9.59 Å². The lowest BCUT2D eigenvalue weighted by atomic mass is 9.84. The first-order valence-electron chi connectivity index (χ1n) is 8.29. The number of halogens is 1. The van der Waals surface area contributed by atoms with E-state index in [-0.39, 0.29) is 30.9 Å². The van der Waals surface area contributed by atoms with Crippen LogP contribution in [0.4, 0.5) is 0 Å². The molecule has 8 nitrogen and oxygen atoms in total. The van der Waals surface area contributed by atoms with Gasteiger partial charge in [-0.3, -0.25) is 9.36 Å². The highest BCUT2D eigenvalue weighted by Crippen LogP contribution is 2.44. The Hall–Kier alpha value is -1.68. The number of aromatic nitrogens is 4. The van der Waals surface area contributed by atoms with E-state index in [0.29, 0.717) is 33.9 Å². The summed E-state index contributed by atoms with van der Waals surface area (Å²) in [5.41, 5.74) is 0.0231. The number of hydrogen-bond acceptors (Lipinski definition) is 8. The molecule has 10 heteroatoms. The van der Waals surface area contributed by atoms with Gasteiger partial charge in [-0.1, -0.05) is 0 Å². The van der Waals surface area contributed by atoms with Crippen LogP contribution in [-0.2, 0) is 24.6 Å². The Bertz CT molecular complexity index is 830. The molecule has 1 saturated heterocycles. The van der Waals surface area contributed by atoms with Gasteiger partial charge >= 0.3 is 11.9 Å². The van der Waals surface area contributed by atoms with Crippen molar-refractivity contribution < 1.29 is 19.1 Å². The van der Waals surface area contributed by atoms with Gasteiger partial charge in [0.2, 0.25) is 0 Å². The second-order valence-electron chi connectivity index (χ2n) is 5.82. The van der Waals surface area contributed by atoms with E-state index in [0.717, 1.165) is 0 Å². The lowest BCUT2D eigenvalue weighted by molar-refractivity contribution is -0.156. The van der Waals surface area contributed by atoms with Gasteiger partial charge in [-0.15, -0.1) is 0 Å². The van der Waals surface area contributed by atoms with E-state index in [1.807, 2.05) is 0 Å². The summed E-state index contributed by atoms with van der Waals surface area (Å²) in [5.74, 6) is 0.131. The summed E-state index contributed by atoms with van der Waals surface area (Å²) in [7, 11) is 0. The molecule has 0 amide bonds. The van der Waals surface area contributed by atoms with Gasteiger partial charge in [-0.25, -0.2) is 19.7 Å². The Morgan fingerprint density at radius 2 is 2.08 bits per heavy atom. The maximum atomic E-state index is 13.1. The molecule has 26 heavy (non-hydrogen) atoms. The van der Waals surface area contributed by atoms with Gasteiger partial charge in [0.15, 0.2) is 11.2 Å². The Kier molecular flexibility index (Phi) is 5.81.